The number of nitrogens with one attached hydrogen (secondary N) is 1. The molecule has 2 rings (SSSR count). The number of halogens is 1. The maximum absolute atomic E-state index is 13.0. The number of nitrogens with zero attached hydrogens (tertiary/aromatic N) is 2. The minimum Gasteiger partial charge on any atom is -0.396 e. The zero-order chi connectivity index (χ0) is 15.4. The number of hydrogen-bond donors (Lipinski definition) is 2. The first kappa shape index (κ1) is 15.7. The maximum atomic E-state index is 13.0. The Hall–Kier alpha value is -1.66. The van der Waals surface area contributed by atoms with Gasteiger partial charge < -0.3 is 20.9 Å². The van der Waals surface area contributed by atoms with Crippen molar-refractivity contribution in [3.05, 3.63) is 24.0 Å². The van der Waals surface area contributed by atoms with E-state index >= 15 is 0 Å². The molecular weight excluding hydrogens is 271 g/mol. The predicted octanol–water partition coefficient (Wildman–Crippen LogP) is 1.37. The van der Waals surface area contributed by atoms with E-state index < -0.39 is 5.82 Å². The first-order valence-corrected chi connectivity index (χ1v) is 7.19. The van der Waals surface area contributed by atoms with Gasteiger partial charge in [-0.3, -0.25) is 4.79 Å². The average Bonchev–Trinajstić information content (AvgIpc) is 2.90. The van der Waals surface area contributed by atoms with Gasteiger partial charge in [-0.15, -0.1) is 0 Å². The third-order valence-corrected chi connectivity index (χ3v) is 3.91. The summed E-state index contributed by atoms with van der Waals surface area (Å²) in [5, 5.41) is 2.75. The molecule has 1 atom stereocenters. The molecular formula is C15H23FN4O. The van der Waals surface area contributed by atoms with Gasteiger partial charge in [-0.1, -0.05) is 0 Å². The lowest BCUT2D eigenvalue weighted by atomic mass is 10.2. The lowest BCUT2D eigenvalue weighted by Gasteiger charge is -2.20. The summed E-state index contributed by atoms with van der Waals surface area (Å²) >= 11 is 0. The van der Waals surface area contributed by atoms with E-state index in [1.54, 1.807) is 0 Å². The van der Waals surface area contributed by atoms with Gasteiger partial charge >= 0.3 is 0 Å². The summed E-state index contributed by atoms with van der Waals surface area (Å²) in [6.45, 7) is 2.77. The molecule has 1 unspecified atom stereocenters. The number of amides is 1. The Morgan fingerprint density at radius 2 is 2.29 bits per heavy atom. The fourth-order valence-corrected chi connectivity index (χ4v) is 2.54. The van der Waals surface area contributed by atoms with Crippen LogP contribution in [0.4, 0.5) is 15.8 Å². The summed E-state index contributed by atoms with van der Waals surface area (Å²) in [7, 11) is 4.17. The summed E-state index contributed by atoms with van der Waals surface area (Å²) in [5.41, 5.74) is 6.05. The van der Waals surface area contributed by atoms with Gasteiger partial charge in [0.25, 0.3) is 0 Å². The largest absolute Gasteiger partial charge is 0.396 e. The molecule has 5 nitrogen and oxygen atoms in total. The molecule has 0 saturated carbocycles. The van der Waals surface area contributed by atoms with Crippen molar-refractivity contribution in [3.8, 4) is 0 Å². The van der Waals surface area contributed by atoms with Crippen molar-refractivity contribution in [3.63, 3.8) is 0 Å². The van der Waals surface area contributed by atoms with E-state index in [1.807, 2.05) is 0 Å². The van der Waals surface area contributed by atoms with Gasteiger partial charge in [0, 0.05) is 31.2 Å². The van der Waals surface area contributed by atoms with E-state index in [2.05, 4.69) is 29.2 Å². The van der Waals surface area contributed by atoms with Crippen molar-refractivity contribution in [2.75, 3.05) is 44.8 Å². The molecule has 1 amide bonds. The number of carbonyl (C=O) groups is 1. The molecule has 1 aromatic carbocycles. The molecule has 6 heteroatoms. The summed E-state index contributed by atoms with van der Waals surface area (Å²) in [4.78, 5) is 16.4. The van der Waals surface area contributed by atoms with E-state index in [1.165, 1.54) is 18.2 Å². The van der Waals surface area contributed by atoms with Gasteiger partial charge in [-0.2, -0.15) is 0 Å². The molecule has 0 bridgehead atoms. The minimum atomic E-state index is -0.472. The Morgan fingerprint density at radius 1 is 1.52 bits per heavy atom. The summed E-state index contributed by atoms with van der Waals surface area (Å²) in [6, 6.07) is 4.78. The second-order valence-electron chi connectivity index (χ2n) is 5.74. The molecule has 0 aromatic heterocycles. The van der Waals surface area contributed by atoms with E-state index in [0.717, 1.165) is 26.1 Å². The highest BCUT2D eigenvalue weighted by atomic mass is 19.1. The Kier molecular flexibility index (Phi) is 5.14. The standard InChI is InChI=1S/C15H23FN4O/c1-19(2)12-5-7-20(10-12)8-6-15(21)18-11-3-4-13(16)14(17)9-11/h3-4,9,12H,5-8,10,17H2,1-2H3,(H,18,21). The second-order valence-corrected chi connectivity index (χ2v) is 5.74. The number of rotatable bonds is 5. The summed E-state index contributed by atoms with van der Waals surface area (Å²) in [6.07, 6.45) is 1.57. The fourth-order valence-electron chi connectivity index (χ4n) is 2.54. The van der Waals surface area contributed by atoms with Crippen molar-refractivity contribution in [2.24, 2.45) is 0 Å². The number of anilines is 2. The Labute approximate surface area is 124 Å². The summed E-state index contributed by atoms with van der Waals surface area (Å²) < 4.78 is 13.0. The molecule has 1 aromatic rings. The Bertz CT molecular complexity index is 506. The Morgan fingerprint density at radius 3 is 2.90 bits per heavy atom. The number of carbonyl (C=O) groups excluding carboxylic acids is 1. The van der Waals surface area contributed by atoms with Gasteiger partial charge in [0.1, 0.15) is 5.82 Å². The van der Waals surface area contributed by atoms with Gasteiger partial charge in [0.05, 0.1) is 5.69 Å². The van der Waals surface area contributed by atoms with Crippen LogP contribution in [-0.2, 0) is 4.79 Å². The van der Waals surface area contributed by atoms with Gasteiger partial charge in [-0.25, -0.2) is 4.39 Å². The smallest absolute Gasteiger partial charge is 0.225 e. The number of hydrogen-bond acceptors (Lipinski definition) is 4. The topological polar surface area (TPSA) is 61.6 Å². The first-order valence-electron chi connectivity index (χ1n) is 7.19. The van der Waals surface area contributed by atoms with Crippen molar-refractivity contribution in [2.45, 2.75) is 18.9 Å². The number of likely N-dealkylation sites (tertiary alicyclic amines) is 1. The van der Waals surface area contributed by atoms with Crippen LogP contribution in [0.1, 0.15) is 12.8 Å². The van der Waals surface area contributed by atoms with E-state index in [4.69, 9.17) is 5.73 Å². The highest BCUT2D eigenvalue weighted by molar-refractivity contribution is 5.91. The average molecular weight is 294 g/mol. The number of benzene rings is 1. The van der Waals surface area contributed by atoms with Crippen molar-refractivity contribution < 1.29 is 9.18 Å². The quantitative estimate of drug-likeness (QED) is 0.805. The van der Waals surface area contributed by atoms with E-state index in [0.29, 0.717) is 18.2 Å². The van der Waals surface area contributed by atoms with Crippen LogP contribution >= 0.6 is 0 Å². The van der Waals surface area contributed by atoms with Crippen molar-refractivity contribution >= 4 is 17.3 Å². The molecule has 1 aliphatic heterocycles. The highest BCUT2D eigenvalue weighted by Gasteiger charge is 2.23. The molecule has 1 heterocycles. The van der Waals surface area contributed by atoms with Crippen LogP contribution in [0.25, 0.3) is 0 Å². The molecule has 21 heavy (non-hydrogen) atoms. The molecule has 0 radical (unpaired) electrons. The van der Waals surface area contributed by atoms with Crippen LogP contribution in [-0.4, -0.2) is 55.5 Å². The molecule has 116 valence electrons. The van der Waals surface area contributed by atoms with Crippen LogP contribution < -0.4 is 11.1 Å². The highest BCUT2D eigenvalue weighted by Crippen LogP contribution is 2.17. The minimum absolute atomic E-state index is 0.0427. The molecule has 0 aliphatic carbocycles. The monoisotopic (exact) mass is 294 g/mol. The van der Waals surface area contributed by atoms with E-state index in [9.17, 15) is 9.18 Å². The van der Waals surface area contributed by atoms with Crippen LogP contribution in [0, 0.1) is 5.82 Å². The first-order chi connectivity index (χ1) is 9.95. The lowest BCUT2D eigenvalue weighted by Crippen LogP contribution is -2.32. The summed E-state index contributed by atoms with van der Waals surface area (Å²) in [5.74, 6) is -0.547. The fraction of sp³-hybridized carbons (Fsp3) is 0.533. The second kappa shape index (κ2) is 6.87. The lowest BCUT2D eigenvalue weighted by molar-refractivity contribution is -0.116. The molecule has 3 N–H and O–H groups in total. The Balaban J connectivity index is 1.76. The van der Waals surface area contributed by atoms with Crippen molar-refractivity contribution in [1.29, 1.82) is 0 Å². The van der Waals surface area contributed by atoms with Gasteiger partial charge in [0.15, 0.2) is 0 Å². The van der Waals surface area contributed by atoms with Gasteiger partial charge in [-0.05, 0) is 45.3 Å². The normalized spacial score (nSPS) is 19.1. The molecule has 0 spiro atoms. The third-order valence-electron chi connectivity index (χ3n) is 3.91. The molecule has 1 saturated heterocycles. The SMILES string of the molecule is CN(C)C1CCN(CCC(=O)Nc2ccc(F)c(N)c2)C1. The van der Waals surface area contributed by atoms with Gasteiger partial charge in [0.2, 0.25) is 5.91 Å². The third kappa shape index (κ3) is 4.41. The molecule has 1 aliphatic rings. The van der Waals surface area contributed by atoms with Crippen LogP contribution in [0.3, 0.4) is 0 Å². The van der Waals surface area contributed by atoms with Crippen LogP contribution in [0.15, 0.2) is 18.2 Å². The van der Waals surface area contributed by atoms with Crippen LogP contribution in [0.2, 0.25) is 0 Å². The number of nitrogen functional groups attached to an aromatic ring is 1. The number of likely N-dealkylation sites (N-methyl/N-ethyl adjacent to an activating group) is 1. The zero-order valence-electron chi connectivity index (χ0n) is 12.6. The maximum Gasteiger partial charge on any atom is 0.225 e. The molecule has 1 fully saturated rings. The van der Waals surface area contributed by atoms with Crippen molar-refractivity contribution in [1.82, 2.24) is 9.80 Å². The number of nitrogens with two attached hydrogens (primary N) is 1. The zero-order valence-corrected chi connectivity index (χ0v) is 12.6. The van der Waals surface area contributed by atoms with E-state index in [-0.39, 0.29) is 11.6 Å². The predicted molar refractivity (Wildman–Crippen MR) is 82.6 cm³/mol. The van der Waals surface area contributed by atoms with Crippen LogP contribution in [0.5, 0.6) is 0 Å².